The Hall–Kier alpha value is 0.274. The van der Waals surface area contributed by atoms with Gasteiger partial charge in [0.2, 0.25) is 0 Å². The standard InChI is InChI=1S/C13H32O4Si2/c1-14-9-10-16-12-11-15-8-7-13-19(5,6)17-18(2,3)4/h7-13H2,1-6H3. The van der Waals surface area contributed by atoms with Crippen LogP contribution in [0.3, 0.4) is 0 Å². The third-order valence-electron chi connectivity index (χ3n) is 2.45. The van der Waals surface area contributed by atoms with Crippen molar-refractivity contribution >= 4 is 16.6 Å². The maximum atomic E-state index is 6.28. The summed E-state index contributed by atoms with van der Waals surface area (Å²) in [7, 11) is -1.21. The van der Waals surface area contributed by atoms with E-state index in [2.05, 4.69) is 32.7 Å². The molecule has 0 N–H and O–H groups in total. The van der Waals surface area contributed by atoms with E-state index in [0.717, 1.165) is 13.0 Å². The van der Waals surface area contributed by atoms with Crippen molar-refractivity contribution in [2.45, 2.75) is 45.2 Å². The summed E-state index contributed by atoms with van der Waals surface area (Å²) in [6.45, 7) is 14.8. The molecule has 0 fully saturated rings. The van der Waals surface area contributed by atoms with Crippen molar-refractivity contribution in [3.63, 3.8) is 0 Å². The van der Waals surface area contributed by atoms with E-state index < -0.39 is 16.6 Å². The van der Waals surface area contributed by atoms with Crippen LogP contribution in [0.1, 0.15) is 6.42 Å². The molecular weight excluding hydrogens is 276 g/mol. The van der Waals surface area contributed by atoms with Crippen LogP contribution in [-0.2, 0) is 18.3 Å². The molecule has 0 radical (unpaired) electrons. The molecule has 4 nitrogen and oxygen atoms in total. The molecule has 0 unspecified atom stereocenters. The summed E-state index contributed by atoms with van der Waals surface area (Å²) in [6, 6.07) is 1.17. The monoisotopic (exact) mass is 308 g/mol. The topological polar surface area (TPSA) is 36.9 Å². The molecule has 0 heterocycles. The van der Waals surface area contributed by atoms with E-state index in [9.17, 15) is 0 Å². The van der Waals surface area contributed by atoms with Gasteiger partial charge in [-0.05, 0) is 45.2 Å². The second kappa shape index (κ2) is 10.1. The van der Waals surface area contributed by atoms with E-state index in [4.69, 9.17) is 18.3 Å². The SMILES string of the molecule is COCCOCCOCCC[Si](C)(C)O[Si](C)(C)C. The van der Waals surface area contributed by atoms with Gasteiger partial charge in [0.05, 0.1) is 26.4 Å². The van der Waals surface area contributed by atoms with Gasteiger partial charge in [-0.25, -0.2) is 0 Å². The van der Waals surface area contributed by atoms with E-state index in [1.54, 1.807) is 7.11 Å². The molecule has 116 valence electrons. The van der Waals surface area contributed by atoms with Crippen molar-refractivity contribution in [1.82, 2.24) is 0 Å². The summed E-state index contributed by atoms with van der Waals surface area (Å²) in [5.74, 6) is 0. The zero-order valence-electron chi connectivity index (χ0n) is 13.6. The van der Waals surface area contributed by atoms with Crippen molar-refractivity contribution in [2.75, 3.05) is 40.1 Å². The predicted molar refractivity (Wildman–Crippen MR) is 84.9 cm³/mol. The third-order valence-corrected chi connectivity index (χ3v) is 8.67. The summed E-state index contributed by atoms with van der Waals surface area (Å²) in [5.41, 5.74) is 0. The van der Waals surface area contributed by atoms with Crippen molar-refractivity contribution in [1.29, 1.82) is 0 Å². The molecule has 0 saturated carbocycles. The molecule has 0 spiro atoms. The van der Waals surface area contributed by atoms with E-state index in [1.165, 1.54) is 6.04 Å². The number of rotatable bonds is 12. The molecule has 6 heteroatoms. The molecule has 0 aromatic rings. The fourth-order valence-electron chi connectivity index (χ4n) is 1.94. The molecule has 0 atom stereocenters. The Morgan fingerprint density at radius 2 is 1.26 bits per heavy atom. The molecule has 19 heavy (non-hydrogen) atoms. The molecule has 0 aliphatic rings. The fourth-order valence-corrected chi connectivity index (χ4v) is 9.98. The Morgan fingerprint density at radius 1 is 0.737 bits per heavy atom. The quantitative estimate of drug-likeness (QED) is 0.410. The highest BCUT2D eigenvalue weighted by molar-refractivity contribution is 6.84. The Bertz CT molecular complexity index is 217. The number of ether oxygens (including phenoxy) is 3. The normalized spacial score (nSPS) is 12.9. The zero-order chi connectivity index (χ0) is 14.8. The second-order valence-corrected chi connectivity index (χ2v) is 15.4. The van der Waals surface area contributed by atoms with Gasteiger partial charge < -0.3 is 18.3 Å². The van der Waals surface area contributed by atoms with Gasteiger partial charge in [-0.2, -0.15) is 0 Å². The van der Waals surface area contributed by atoms with Crippen LogP contribution in [-0.4, -0.2) is 56.8 Å². The van der Waals surface area contributed by atoms with Crippen molar-refractivity contribution < 1.29 is 18.3 Å². The summed E-state index contributed by atoms with van der Waals surface area (Å²) < 4.78 is 22.1. The minimum Gasteiger partial charge on any atom is -0.456 e. The molecule has 0 aromatic carbocycles. The highest BCUT2D eigenvalue weighted by Gasteiger charge is 2.28. The first-order valence-electron chi connectivity index (χ1n) is 7.11. The predicted octanol–water partition coefficient (Wildman–Crippen LogP) is 3.11. The van der Waals surface area contributed by atoms with Crippen LogP contribution in [0.25, 0.3) is 0 Å². The van der Waals surface area contributed by atoms with Crippen LogP contribution < -0.4 is 0 Å². The molecule has 0 aliphatic carbocycles. The van der Waals surface area contributed by atoms with Gasteiger partial charge >= 0.3 is 0 Å². The van der Waals surface area contributed by atoms with E-state index in [-0.39, 0.29) is 0 Å². The summed E-state index contributed by atoms with van der Waals surface area (Å²) >= 11 is 0. The molecule has 0 amide bonds. The first kappa shape index (κ1) is 19.3. The summed E-state index contributed by atoms with van der Waals surface area (Å²) in [6.07, 6.45) is 1.09. The minimum absolute atomic E-state index is 0.643. The lowest BCUT2D eigenvalue weighted by Crippen LogP contribution is -2.42. The van der Waals surface area contributed by atoms with Crippen molar-refractivity contribution in [3.8, 4) is 0 Å². The average molecular weight is 309 g/mol. The Balaban J connectivity index is 3.43. The lowest BCUT2D eigenvalue weighted by molar-refractivity contribution is 0.0249. The molecule has 0 aromatic heterocycles. The summed E-state index contributed by atoms with van der Waals surface area (Å²) in [4.78, 5) is 0. The summed E-state index contributed by atoms with van der Waals surface area (Å²) in [5, 5.41) is 0. The van der Waals surface area contributed by atoms with Gasteiger partial charge in [-0.15, -0.1) is 0 Å². The molecular formula is C13H32O4Si2. The lowest BCUT2D eigenvalue weighted by Gasteiger charge is -2.31. The fraction of sp³-hybridized carbons (Fsp3) is 1.00. The molecule has 0 aliphatic heterocycles. The van der Waals surface area contributed by atoms with E-state index >= 15 is 0 Å². The van der Waals surface area contributed by atoms with Crippen LogP contribution in [0.5, 0.6) is 0 Å². The van der Waals surface area contributed by atoms with E-state index in [0.29, 0.717) is 26.4 Å². The number of hydrogen-bond donors (Lipinski definition) is 0. The molecule has 0 rings (SSSR count). The minimum atomic E-state index is -1.49. The highest BCUT2D eigenvalue weighted by Crippen LogP contribution is 2.19. The Kier molecular flexibility index (Phi) is 10.2. The smallest absolute Gasteiger partial charge is 0.173 e. The van der Waals surface area contributed by atoms with Crippen LogP contribution in [0.15, 0.2) is 0 Å². The van der Waals surface area contributed by atoms with Gasteiger partial charge in [-0.1, -0.05) is 0 Å². The number of methoxy groups -OCH3 is 1. The van der Waals surface area contributed by atoms with Gasteiger partial charge in [0.25, 0.3) is 0 Å². The van der Waals surface area contributed by atoms with Crippen LogP contribution in [0.4, 0.5) is 0 Å². The average Bonchev–Trinajstić information content (AvgIpc) is 2.23. The van der Waals surface area contributed by atoms with Crippen molar-refractivity contribution in [2.24, 2.45) is 0 Å². The maximum Gasteiger partial charge on any atom is 0.173 e. The Labute approximate surface area is 121 Å². The van der Waals surface area contributed by atoms with Gasteiger partial charge in [0.1, 0.15) is 0 Å². The zero-order valence-corrected chi connectivity index (χ0v) is 15.6. The molecule has 0 bridgehead atoms. The van der Waals surface area contributed by atoms with Crippen molar-refractivity contribution in [3.05, 3.63) is 0 Å². The van der Waals surface area contributed by atoms with Crippen LogP contribution in [0, 0.1) is 0 Å². The first-order chi connectivity index (χ1) is 8.77. The van der Waals surface area contributed by atoms with Crippen LogP contribution in [0.2, 0.25) is 38.8 Å². The third kappa shape index (κ3) is 14.5. The number of hydrogen-bond acceptors (Lipinski definition) is 4. The lowest BCUT2D eigenvalue weighted by atomic mass is 10.5. The van der Waals surface area contributed by atoms with Crippen LogP contribution >= 0.6 is 0 Å². The maximum absolute atomic E-state index is 6.28. The Morgan fingerprint density at radius 3 is 1.79 bits per heavy atom. The highest BCUT2D eigenvalue weighted by atomic mass is 28.4. The van der Waals surface area contributed by atoms with E-state index in [1.807, 2.05) is 0 Å². The largest absolute Gasteiger partial charge is 0.456 e. The second-order valence-electron chi connectivity index (χ2n) is 6.30. The first-order valence-corrected chi connectivity index (χ1v) is 13.6. The van der Waals surface area contributed by atoms with Gasteiger partial charge in [0.15, 0.2) is 16.6 Å². The molecule has 0 saturated heterocycles. The van der Waals surface area contributed by atoms with Gasteiger partial charge in [-0.3, -0.25) is 0 Å². The van der Waals surface area contributed by atoms with Gasteiger partial charge in [0, 0.05) is 13.7 Å².